The zero-order valence-corrected chi connectivity index (χ0v) is 22.5. The van der Waals surface area contributed by atoms with E-state index >= 15 is 0 Å². The van der Waals surface area contributed by atoms with Crippen molar-refractivity contribution >= 4 is 17.9 Å². The van der Waals surface area contributed by atoms with Crippen molar-refractivity contribution in [1.29, 1.82) is 0 Å². The van der Waals surface area contributed by atoms with Gasteiger partial charge >= 0.3 is 17.9 Å². The minimum Gasteiger partial charge on any atom is -0.494 e. The molecule has 0 N–H and O–H groups in total. The normalized spacial score (nSPS) is 21.3. The highest BCUT2D eigenvalue weighted by Crippen LogP contribution is 2.30. The zero-order chi connectivity index (χ0) is 28.3. The van der Waals surface area contributed by atoms with Crippen molar-refractivity contribution in [1.82, 2.24) is 0 Å². The largest absolute Gasteiger partial charge is 0.494 e. The lowest BCUT2D eigenvalue weighted by Gasteiger charge is -2.16. The fourth-order valence-corrected chi connectivity index (χ4v) is 4.43. The molecule has 0 radical (unpaired) electrons. The topological polar surface area (TPSA) is 116 Å². The Kier molecular flexibility index (Phi) is 10.7. The van der Waals surface area contributed by atoms with Gasteiger partial charge in [-0.2, -0.15) is 0 Å². The third-order valence-corrected chi connectivity index (χ3v) is 6.63. The highest BCUT2D eigenvalue weighted by molar-refractivity contribution is 5.92. The number of hydrogen-bond donors (Lipinski definition) is 0. The van der Waals surface area contributed by atoms with Gasteiger partial charge < -0.3 is 33.2 Å². The van der Waals surface area contributed by atoms with Crippen LogP contribution in [0.15, 0.2) is 61.2 Å². The standard InChI is InChI=1S/C30H34O10/c1-3-26(31)36-17-7-5-4-6-16-35-22-12-8-20(9-13-22)29(32)39-23-14-10-21(11-15-23)30(33)40-25-19-38-27-24(34-2)18-37-28(25)27/h3,8-15,24-25,27-28H,1,4-7,16-19H2,2H3/t24-,25-,27?,28?/m0/s1. The van der Waals surface area contributed by atoms with Gasteiger partial charge in [-0.15, -0.1) is 0 Å². The van der Waals surface area contributed by atoms with Gasteiger partial charge in [-0.05, 0) is 74.2 Å². The van der Waals surface area contributed by atoms with Crippen LogP contribution in [0.4, 0.5) is 0 Å². The number of carbonyl (C=O) groups is 3. The van der Waals surface area contributed by atoms with Gasteiger partial charge in [0.25, 0.3) is 0 Å². The van der Waals surface area contributed by atoms with E-state index in [1.165, 1.54) is 24.3 Å². The summed E-state index contributed by atoms with van der Waals surface area (Å²) < 4.78 is 38.4. The smallest absolute Gasteiger partial charge is 0.343 e. The first-order valence-electron chi connectivity index (χ1n) is 13.3. The lowest BCUT2D eigenvalue weighted by Crippen LogP contribution is -2.34. The van der Waals surface area contributed by atoms with Gasteiger partial charge in [0.05, 0.1) is 37.6 Å². The molecular weight excluding hydrogens is 520 g/mol. The van der Waals surface area contributed by atoms with Crippen molar-refractivity contribution in [2.24, 2.45) is 0 Å². The van der Waals surface area contributed by atoms with E-state index in [1.54, 1.807) is 31.4 Å². The van der Waals surface area contributed by atoms with Crippen LogP contribution in [0.3, 0.4) is 0 Å². The summed E-state index contributed by atoms with van der Waals surface area (Å²) in [6.07, 6.45) is 3.42. The monoisotopic (exact) mass is 554 g/mol. The first-order chi connectivity index (χ1) is 19.5. The van der Waals surface area contributed by atoms with Crippen LogP contribution in [0.25, 0.3) is 0 Å². The Bertz CT molecular complexity index is 1140. The fraction of sp³-hybridized carbons (Fsp3) is 0.433. The SMILES string of the molecule is C=CC(=O)OCCCCCCOc1ccc(C(=O)Oc2ccc(C(=O)O[C@H]3COC4C3OC[C@@H]4OC)cc2)cc1. The molecule has 0 aliphatic carbocycles. The second-order valence-electron chi connectivity index (χ2n) is 9.39. The van der Waals surface area contributed by atoms with Gasteiger partial charge in [0, 0.05) is 13.2 Å². The Hall–Kier alpha value is -3.73. The number of unbranched alkanes of at least 4 members (excludes halogenated alkanes) is 3. The lowest BCUT2D eigenvalue weighted by atomic mass is 10.1. The second-order valence-corrected chi connectivity index (χ2v) is 9.39. The summed E-state index contributed by atoms with van der Waals surface area (Å²) in [7, 11) is 1.60. The molecule has 2 aliphatic heterocycles. The molecule has 2 fully saturated rings. The summed E-state index contributed by atoms with van der Waals surface area (Å²) >= 11 is 0. The predicted octanol–water partition coefficient (Wildman–Crippen LogP) is 3.91. The minimum atomic E-state index is -0.528. The van der Waals surface area contributed by atoms with Crippen molar-refractivity contribution in [3.63, 3.8) is 0 Å². The maximum atomic E-state index is 12.6. The highest BCUT2D eigenvalue weighted by atomic mass is 16.7. The molecule has 4 atom stereocenters. The maximum absolute atomic E-state index is 12.6. The molecule has 0 saturated carbocycles. The van der Waals surface area contributed by atoms with E-state index in [1.807, 2.05) is 0 Å². The number of benzene rings is 2. The fourth-order valence-electron chi connectivity index (χ4n) is 4.43. The molecule has 0 bridgehead atoms. The summed E-state index contributed by atoms with van der Waals surface area (Å²) in [6.45, 7) is 4.93. The average molecular weight is 555 g/mol. The van der Waals surface area contributed by atoms with Gasteiger partial charge in [0.1, 0.15) is 29.8 Å². The van der Waals surface area contributed by atoms with Crippen LogP contribution < -0.4 is 9.47 Å². The van der Waals surface area contributed by atoms with Crippen molar-refractivity contribution in [2.45, 2.75) is 50.1 Å². The van der Waals surface area contributed by atoms with Crippen molar-refractivity contribution in [3.8, 4) is 11.5 Å². The zero-order valence-electron chi connectivity index (χ0n) is 22.5. The van der Waals surface area contributed by atoms with Crippen LogP contribution in [-0.4, -0.2) is 75.9 Å². The van der Waals surface area contributed by atoms with Crippen molar-refractivity contribution in [3.05, 3.63) is 72.3 Å². The summed E-state index contributed by atoms with van der Waals surface area (Å²) in [4.78, 5) is 36.1. The van der Waals surface area contributed by atoms with Gasteiger partial charge in [0.15, 0.2) is 6.10 Å². The summed E-state index contributed by atoms with van der Waals surface area (Å²) in [5, 5.41) is 0. The molecule has 0 amide bonds. The van der Waals surface area contributed by atoms with E-state index in [0.29, 0.717) is 42.4 Å². The number of rotatable bonds is 14. The van der Waals surface area contributed by atoms with Crippen molar-refractivity contribution < 1.29 is 47.5 Å². The van der Waals surface area contributed by atoms with E-state index in [-0.39, 0.29) is 24.9 Å². The average Bonchev–Trinajstić information content (AvgIpc) is 3.57. The van der Waals surface area contributed by atoms with Crippen LogP contribution in [-0.2, 0) is 28.5 Å². The summed E-state index contributed by atoms with van der Waals surface area (Å²) in [5.41, 5.74) is 0.689. The Morgan fingerprint density at radius 3 is 2.02 bits per heavy atom. The molecule has 2 aromatic carbocycles. The number of ether oxygens (including phenoxy) is 7. The second kappa shape index (κ2) is 14.6. The van der Waals surface area contributed by atoms with Gasteiger partial charge in [-0.1, -0.05) is 6.58 Å². The lowest BCUT2D eigenvalue weighted by molar-refractivity contribution is -0.137. The van der Waals surface area contributed by atoms with Crippen molar-refractivity contribution in [2.75, 3.05) is 33.5 Å². The molecule has 2 unspecified atom stereocenters. The van der Waals surface area contributed by atoms with Gasteiger partial charge in [0.2, 0.25) is 0 Å². The number of esters is 3. The van der Waals surface area contributed by atoms with Crippen LogP contribution in [0, 0.1) is 0 Å². The Morgan fingerprint density at radius 2 is 1.38 bits per heavy atom. The minimum absolute atomic E-state index is 0.171. The van der Waals surface area contributed by atoms with Crippen LogP contribution in [0.2, 0.25) is 0 Å². The number of carbonyl (C=O) groups excluding carboxylic acids is 3. The molecule has 2 aromatic rings. The Labute approximate surface area is 233 Å². The Balaban J connectivity index is 1.16. The molecule has 2 heterocycles. The number of hydrogen-bond acceptors (Lipinski definition) is 10. The molecule has 10 heteroatoms. The van der Waals surface area contributed by atoms with E-state index in [2.05, 4.69) is 6.58 Å². The van der Waals surface area contributed by atoms with E-state index in [4.69, 9.17) is 33.2 Å². The maximum Gasteiger partial charge on any atom is 0.343 e. The molecule has 40 heavy (non-hydrogen) atoms. The number of methoxy groups -OCH3 is 1. The van der Waals surface area contributed by atoms with Crippen LogP contribution in [0.1, 0.15) is 46.4 Å². The third-order valence-electron chi connectivity index (χ3n) is 6.63. The third kappa shape index (κ3) is 7.91. The number of fused-ring (bicyclic) bond motifs is 1. The molecule has 10 nitrogen and oxygen atoms in total. The summed E-state index contributed by atoms with van der Waals surface area (Å²) in [6, 6.07) is 12.8. The first kappa shape index (κ1) is 29.3. The van der Waals surface area contributed by atoms with E-state index in [9.17, 15) is 14.4 Å². The predicted molar refractivity (Wildman–Crippen MR) is 142 cm³/mol. The molecule has 0 spiro atoms. The molecule has 2 aliphatic rings. The Morgan fingerprint density at radius 1 is 0.800 bits per heavy atom. The molecule has 4 rings (SSSR count). The van der Waals surface area contributed by atoms with Crippen LogP contribution >= 0.6 is 0 Å². The molecule has 214 valence electrons. The quantitative estimate of drug-likeness (QED) is 0.147. The molecular formula is C30H34O10. The van der Waals surface area contributed by atoms with E-state index < -0.39 is 24.0 Å². The molecule has 0 aromatic heterocycles. The molecule has 2 saturated heterocycles. The highest BCUT2D eigenvalue weighted by Gasteiger charge is 2.49. The van der Waals surface area contributed by atoms with E-state index in [0.717, 1.165) is 31.8 Å². The first-order valence-corrected chi connectivity index (χ1v) is 13.3. The summed E-state index contributed by atoms with van der Waals surface area (Å²) in [5.74, 6) is -0.493. The van der Waals surface area contributed by atoms with Gasteiger partial charge in [-0.25, -0.2) is 14.4 Å². The van der Waals surface area contributed by atoms with Gasteiger partial charge in [-0.3, -0.25) is 0 Å². The van der Waals surface area contributed by atoms with Crippen LogP contribution in [0.5, 0.6) is 11.5 Å².